The van der Waals surface area contributed by atoms with E-state index in [9.17, 15) is 0 Å². The summed E-state index contributed by atoms with van der Waals surface area (Å²) in [7, 11) is 11.7. The highest BCUT2D eigenvalue weighted by Gasteiger charge is 2.64. The predicted molar refractivity (Wildman–Crippen MR) is 288 cm³/mol. The standard InChI is InChI=1S/C54H60B6N2O/c1-51(2,3)29-14-18-37-35(24-29)60-36-25-30(52(4,5)6)15-19-38(36)62(43-26-31-20-21-54(43,9)53(31,7)8)40-23-28(44-45(55)47(57)49(59)48(58)46(44)56)22-39(50(40)60)61(37)32-16-17-34-33-12-10-11-13-41(33)63-42(34)27-32/h10-19,22-25,27,31,43H,20-21,26,55-59H2,1-9H3. The molecular formula is C54H60B6N2O. The SMILES string of the molecule is Bc1c(B)c(B)c(-c2cc3c4c(c2)N(C2CC5CCC2(C)C5(C)C)c2ccc(C(C)(C)C)cc2B4c2cc(C(C)(C)C)ccc2N3c2ccc3c(c2)oc2ccccc23)c(B)c1B. The average molecular weight is 818 g/mol. The number of nitrogens with zero attached hydrogens (tertiary/aromatic N) is 2. The van der Waals surface area contributed by atoms with Gasteiger partial charge in [-0.2, -0.15) is 0 Å². The van der Waals surface area contributed by atoms with Crippen molar-refractivity contribution in [1.82, 2.24) is 0 Å². The maximum Gasteiger partial charge on any atom is 0.252 e. The maximum atomic E-state index is 6.66. The van der Waals surface area contributed by atoms with Crippen LogP contribution >= 0.6 is 0 Å². The van der Waals surface area contributed by atoms with Crippen molar-refractivity contribution in [2.45, 2.75) is 98.4 Å². The molecule has 63 heavy (non-hydrogen) atoms. The van der Waals surface area contributed by atoms with Gasteiger partial charge in [-0.05, 0) is 128 Å². The van der Waals surface area contributed by atoms with Crippen molar-refractivity contribution in [2.75, 3.05) is 9.80 Å². The number of hydrogen-bond donors (Lipinski definition) is 0. The third kappa shape index (κ3) is 5.59. The van der Waals surface area contributed by atoms with Gasteiger partial charge in [-0.15, -0.1) is 16.4 Å². The molecule has 2 fully saturated rings. The monoisotopic (exact) mass is 819 g/mol. The van der Waals surface area contributed by atoms with Crippen LogP contribution in [0.4, 0.5) is 28.4 Å². The summed E-state index contributed by atoms with van der Waals surface area (Å²) >= 11 is 0. The third-order valence-electron chi connectivity index (χ3n) is 17.8. The minimum atomic E-state index is -0.0176. The summed E-state index contributed by atoms with van der Waals surface area (Å²) in [5.41, 5.74) is 25.3. The molecule has 0 amide bonds. The minimum Gasteiger partial charge on any atom is -0.456 e. The number of benzene rings is 6. The van der Waals surface area contributed by atoms with Gasteiger partial charge in [-0.3, -0.25) is 0 Å². The number of para-hydroxylation sites is 1. The van der Waals surface area contributed by atoms with Gasteiger partial charge in [0.1, 0.15) is 50.4 Å². The first-order valence-corrected chi connectivity index (χ1v) is 23.8. The number of furan rings is 1. The Labute approximate surface area is 380 Å². The Morgan fingerprint density at radius 3 is 1.83 bits per heavy atom. The van der Waals surface area contributed by atoms with E-state index in [1.54, 1.807) is 0 Å². The van der Waals surface area contributed by atoms with E-state index >= 15 is 0 Å². The van der Waals surface area contributed by atoms with Crippen LogP contribution in [0, 0.1) is 16.7 Å². The Balaban J connectivity index is 1.29. The number of anilines is 5. The Bertz CT molecular complexity index is 3090. The summed E-state index contributed by atoms with van der Waals surface area (Å²) in [6, 6.07) is 36.0. The Morgan fingerprint density at radius 2 is 1.21 bits per heavy atom. The fourth-order valence-corrected chi connectivity index (χ4v) is 13.1. The number of hydrogen-bond acceptors (Lipinski definition) is 3. The highest BCUT2D eigenvalue weighted by atomic mass is 16.3. The summed E-state index contributed by atoms with van der Waals surface area (Å²) in [4.78, 5) is 5.51. The molecule has 3 nitrogen and oxygen atoms in total. The molecule has 3 unspecified atom stereocenters. The van der Waals surface area contributed by atoms with E-state index in [1.165, 1.54) is 108 Å². The summed E-state index contributed by atoms with van der Waals surface area (Å²) in [6.07, 6.45) is 3.81. The highest BCUT2D eigenvalue weighted by molar-refractivity contribution is 7.00. The van der Waals surface area contributed by atoms with E-state index in [2.05, 4.69) is 202 Å². The zero-order chi connectivity index (χ0) is 44.4. The van der Waals surface area contributed by atoms with Crippen molar-refractivity contribution in [1.29, 1.82) is 0 Å². The molecule has 0 radical (unpaired) electrons. The van der Waals surface area contributed by atoms with Crippen LogP contribution in [-0.4, -0.2) is 52.0 Å². The average Bonchev–Trinajstić information content (AvgIpc) is 3.79. The second-order valence-electron chi connectivity index (χ2n) is 23.0. The van der Waals surface area contributed by atoms with Crippen LogP contribution in [0.2, 0.25) is 0 Å². The van der Waals surface area contributed by atoms with Gasteiger partial charge < -0.3 is 14.2 Å². The molecule has 0 saturated heterocycles. The largest absolute Gasteiger partial charge is 0.456 e. The van der Waals surface area contributed by atoms with Gasteiger partial charge in [0.25, 0.3) is 6.71 Å². The lowest BCUT2D eigenvalue weighted by atomic mass is 9.33. The van der Waals surface area contributed by atoms with Crippen molar-refractivity contribution in [2.24, 2.45) is 16.7 Å². The van der Waals surface area contributed by atoms with Gasteiger partial charge in [-0.1, -0.05) is 116 Å². The lowest BCUT2D eigenvalue weighted by molar-refractivity contribution is 0.136. The molecule has 0 N–H and O–H groups in total. The van der Waals surface area contributed by atoms with Crippen molar-refractivity contribution in [3.8, 4) is 11.1 Å². The summed E-state index contributed by atoms with van der Waals surface area (Å²) in [6.45, 7) is 22.1. The summed E-state index contributed by atoms with van der Waals surface area (Å²) in [5.74, 6) is 0.704. The third-order valence-corrected chi connectivity index (χ3v) is 17.8. The Morgan fingerprint density at radius 1 is 0.619 bits per heavy atom. The normalized spacial score (nSPS) is 21.0. The van der Waals surface area contributed by atoms with Gasteiger partial charge in [0, 0.05) is 51.3 Å². The van der Waals surface area contributed by atoms with E-state index in [0.29, 0.717) is 12.0 Å². The second kappa shape index (κ2) is 13.3. The molecule has 6 aromatic carbocycles. The Hall–Kier alpha value is -4.89. The first-order chi connectivity index (χ1) is 29.7. The Kier molecular flexibility index (Phi) is 8.65. The zero-order valence-electron chi connectivity index (χ0n) is 40.3. The van der Waals surface area contributed by atoms with E-state index in [-0.39, 0.29) is 28.4 Å². The molecule has 2 aliphatic heterocycles. The van der Waals surface area contributed by atoms with Crippen LogP contribution in [0.5, 0.6) is 0 Å². The molecule has 1 aromatic heterocycles. The first-order valence-electron chi connectivity index (χ1n) is 23.8. The van der Waals surface area contributed by atoms with Crippen LogP contribution in [0.3, 0.4) is 0 Å². The molecule has 7 aromatic rings. The quantitative estimate of drug-likeness (QED) is 0.251. The van der Waals surface area contributed by atoms with Crippen molar-refractivity contribution in [3.05, 3.63) is 102 Å². The van der Waals surface area contributed by atoms with Crippen LogP contribution in [-0.2, 0) is 10.8 Å². The molecule has 0 spiro atoms. The fourth-order valence-electron chi connectivity index (χ4n) is 13.1. The van der Waals surface area contributed by atoms with Crippen molar-refractivity contribution >= 4 is 140 Å². The maximum absolute atomic E-state index is 6.66. The van der Waals surface area contributed by atoms with Crippen LogP contribution in [0.25, 0.3) is 33.1 Å². The smallest absolute Gasteiger partial charge is 0.252 e. The lowest BCUT2D eigenvalue weighted by Gasteiger charge is -2.51. The number of rotatable bonds is 3. The molecular weight excluding hydrogens is 757 g/mol. The molecule has 2 bridgehead atoms. The van der Waals surface area contributed by atoms with Crippen LogP contribution < -0.4 is 53.5 Å². The molecule has 3 atom stereocenters. The molecule has 9 heteroatoms. The van der Waals surface area contributed by atoms with E-state index in [1.807, 2.05) is 0 Å². The van der Waals surface area contributed by atoms with Gasteiger partial charge in [0.2, 0.25) is 0 Å². The highest BCUT2D eigenvalue weighted by Crippen LogP contribution is 2.68. The molecule has 4 aliphatic rings. The van der Waals surface area contributed by atoms with Gasteiger partial charge >= 0.3 is 0 Å². The predicted octanol–water partition coefficient (Wildman–Crippen LogP) is 4.11. The fraction of sp³-hybridized carbons (Fsp3) is 0.333. The first kappa shape index (κ1) is 40.9. The molecule has 3 heterocycles. The second-order valence-corrected chi connectivity index (χ2v) is 23.0. The lowest BCUT2D eigenvalue weighted by Crippen LogP contribution is -2.64. The van der Waals surface area contributed by atoms with Crippen LogP contribution in [0.15, 0.2) is 95.4 Å². The van der Waals surface area contributed by atoms with E-state index < -0.39 is 0 Å². The summed E-state index contributed by atoms with van der Waals surface area (Å²) < 4.78 is 6.66. The molecule has 310 valence electrons. The topological polar surface area (TPSA) is 19.6 Å². The number of fused-ring (bicyclic) bond motifs is 9. The molecule has 2 aliphatic carbocycles. The molecule has 11 rings (SSSR count). The molecule has 2 saturated carbocycles. The van der Waals surface area contributed by atoms with E-state index in [4.69, 9.17) is 4.42 Å². The van der Waals surface area contributed by atoms with Crippen molar-refractivity contribution in [3.63, 3.8) is 0 Å². The van der Waals surface area contributed by atoms with Gasteiger partial charge in [0.15, 0.2) is 0 Å². The van der Waals surface area contributed by atoms with Crippen LogP contribution in [0.1, 0.15) is 92.7 Å². The summed E-state index contributed by atoms with van der Waals surface area (Å²) in [5, 5.41) is 2.31. The van der Waals surface area contributed by atoms with Gasteiger partial charge in [-0.25, -0.2) is 0 Å². The van der Waals surface area contributed by atoms with Crippen molar-refractivity contribution < 1.29 is 4.42 Å². The van der Waals surface area contributed by atoms with Gasteiger partial charge in [0.05, 0.1) is 0 Å². The minimum absolute atomic E-state index is 0.00220. The zero-order valence-corrected chi connectivity index (χ0v) is 40.3. The van der Waals surface area contributed by atoms with E-state index in [0.717, 1.165) is 27.6 Å².